The second-order valence-electron chi connectivity index (χ2n) is 11.2. The summed E-state index contributed by atoms with van der Waals surface area (Å²) < 4.78 is 30.6. The molecule has 49 heavy (non-hydrogen) atoms. The van der Waals surface area contributed by atoms with Gasteiger partial charge in [-0.15, -0.1) is 0 Å². The fraction of sp³-hybridized carbons (Fsp3) is 0.161. The van der Waals surface area contributed by atoms with Crippen LogP contribution in [0.1, 0.15) is 26.3 Å². The number of hydrogen-bond donors (Lipinski definition) is 9. The van der Waals surface area contributed by atoms with Crippen molar-refractivity contribution in [2.24, 2.45) is 0 Å². The lowest BCUT2D eigenvalue weighted by atomic mass is 9.89. The molecule has 1 amide bonds. The molecule has 16 nitrogen and oxygen atoms in total. The van der Waals surface area contributed by atoms with Gasteiger partial charge in [-0.2, -0.15) is 0 Å². The number of aliphatic hydroxyl groups excluding tert-OH is 1. The fourth-order valence-electron chi connectivity index (χ4n) is 5.29. The molecule has 18 heteroatoms. The number of rotatable bonds is 11. The van der Waals surface area contributed by atoms with Crippen molar-refractivity contribution < 1.29 is 67.7 Å². The van der Waals surface area contributed by atoms with Crippen molar-refractivity contribution in [3.63, 3.8) is 0 Å². The third kappa shape index (κ3) is 7.32. The van der Waals surface area contributed by atoms with Gasteiger partial charge in [0, 0.05) is 52.3 Å². The summed E-state index contributed by atoms with van der Waals surface area (Å²) in [6.45, 7) is -0.537. The quantitative estimate of drug-likeness (QED) is 0.0534. The number of pyridine rings is 1. The number of carboxylic acid groups (broad SMARTS) is 1. The summed E-state index contributed by atoms with van der Waals surface area (Å²) in [5.41, 5.74) is 0.333. The molecule has 2 aromatic carbocycles. The average Bonchev–Trinajstić information content (AvgIpc) is 3.01. The lowest BCUT2D eigenvalue weighted by molar-refractivity contribution is -0.703. The number of nitrogens with one attached hydrogen (secondary N) is 1. The van der Waals surface area contributed by atoms with Gasteiger partial charge >= 0.3 is 21.2 Å². The predicted molar refractivity (Wildman–Crippen MR) is 171 cm³/mol. The van der Waals surface area contributed by atoms with Crippen LogP contribution in [0.15, 0.2) is 88.3 Å². The summed E-state index contributed by atoms with van der Waals surface area (Å²) in [4.78, 5) is 75.4. The standard InChI is InChI=1S/C31H28N2O14P2/c34-19-4-7-23-26(11-19)47-27-12-20(35)5-8-24(27)28(23)25-10-18(3-6-22(25)30(38)39)29(37)32-14-21(36)16-33-9-1-2-17(15-33)13-31(40,48(41,42)43)49(44,45)46/h1-12,15,21,36,40H,13-14,16H2,(H6-,32,34,35,37,38,39,41,42,43,44,45,46)/p+1. The normalized spacial score (nSPS) is 13.0. The van der Waals surface area contributed by atoms with E-state index in [1.54, 1.807) is 0 Å². The first-order chi connectivity index (χ1) is 22.9. The molecular weight excluding hydrogens is 686 g/mol. The maximum atomic E-state index is 13.2. The third-order valence-corrected chi connectivity index (χ3v) is 11.4. The van der Waals surface area contributed by atoms with Crippen LogP contribution in [0.25, 0.3) is 33.4 Å². The number of aromatic nitrogens is 1. The number of phenolic OH excluding ortho intramolecular Hbond substituents is 1. The Hall–Kier alpha value is -4.76. The summed E-state index contributed by atoms with van der Waals surface area (Å²) in [6.07, 6.45) is 0.259. The number of hydrogen-bond acceptors (Lipinski definition) is 9. The second kappa shape index (κ2) is 13.3. The van der Waals surface area contributed by atoms with Gasteiger partial charge in [0.2, 0.25) is 0 Å². The Labute approximate surface area is 275 Å². The number of nitrogens with zero attached hydrogens (tertiary/aromatic N) is 1. The van der Waals surface area contributed by atoms with Crippen LogP contribution in [-0.2, 0) is 22.1 Å². The van der Waals surface area contributed by atoms with E-state index in [4.69, 9.17) is 4.42 Å². The van der Waals surface area contributed by atoms with Gasteiger partial charge in [0.25, 0.3) is 11.0 Å². The Morgan fingerprint density at radius 3 is 2.33 bits per heavy atom. The summed E-state index contributed by atoms with van der Waals surface area (Å²) in [5.74, 6) is -2.03. The number of aromatic carboxylic acids is 1. The molecule has 0 spiro atoms. The Kier molecular flexibility index (Phi) is 9.63. The van der Waals surface area contributed by atoms with Crippen molar-refractivity contribution in [3.8, 4) is 28.2 Å². The molecule has 0 bridgehead atoms. The van der Waals surface area contributed by atoms with E-state index >= 15 is 0 Å². The average molecular weight is 716 g/mol. The largest absolute Gasteiger partial charge is 0.508 e. The minimum Gasteiger partial charge on any atom is -0.508 e. The summed E-state index contributed by atoms with van der Waals surface area (Å²) in [5, 5.41) is 40.2. The molecule has 1 unspecified atom stereocenters. The van der Waals surface area contributed by atoms with E-state index in [-0.39, 0.29) is 57.9 Å². The zero-order chi connectivity index (χ0) is 35.9. The maximum Gasteiger partial charge on any atom is 0.369 e. The number of aromatic hydroxyl groups is 1. The van der Waals surface area contributed by atoms with Gasteiger partial charge in [-0.25, -0.2) is 9.36 Å². The zero-order valence-electron chi connectivity index (χ0n) is 25.1. The number of carbonyl (C=O) groups excluding carboxylic acids is 1. The molecule has 2 aliphatic rings. The number of amides is 1. The highest BCUT2D eigenvalue weighted by Gasteiger charge is 2.59. The monoisotopic (exact) mass is 715 g/mol. The van der Waals surface area contributed by atoms with Crippen molar-refractivity contribution in [1.29, 1.82) is 0 Å². The highest BCUT2D eigenvalue weighted by atomic mass is 31.2. The molecule has 0 saturated carbocycles. The van der Waals surface area contributed by atoms with Gasteiger partial charge in [0.15, 0.2) is 24.4 Å². The van der Waals surface area contributed by atoms with Gasteiger partial charge in [-0.3, -0.25) is 18.7 Å². The maximum absolute atomic E-state index is 13.2. The molecule has 0 radical (unpaired) electrons. The molecule has 1 aliphatic carbocycles. The van der Waals surface area contributed by atoms with Crippen molar-refractivity contribution >= 4 is 38.0 Å². The van der Waals surface area contributed by atoms with Gasteiger partial charge in [0.1, 0.15) is 23.2 Å². The van der Waals surface area contributed by atoms with E-state index in [1.807, 2.05) is 0 Å². The number of carbonyl (C=O) groups is 2. The van der Waals surface area contributed by atoms with Crippen molar-refractivity contribution in [3.05, 3.63) is 106 Å². The van der Waals surface area contributed by atoms with Gasteiger partial charge in [-0.05, 0) is 54.1 Å². The lowest BCUT2D eigenvalue weighted by Crippen LogP contribution is -2.44. The van der Waals surface area contributed by atoms with Crippen LogP contribution >= 0.6 is 15.2 Å². The van der Waals surface area contributed by atoms with Gasteiger partial charge < -0.3 is 49.7 Å². The molecule has 5 rings (SSSR count). The molecule has 256 valence electrons. The smallest absolute Gasteiger partial charge is 0.369 e. The fourth-order valence-corrected chi connectivity index (χ4v) is 7.43. The van der Waals surface area contributed by atoms with Crippen LogP contribution in [0.3, 0.4) is 0 Å². The molecule has 2 heterocycles. The van der Waals surface area contributed by atoms with Crippen LogP contribution in [-0.4, -0.2) is 69.6 Å². The Bertz CT molecular complexity index is 2200. The topological polar surface area (TPSA) is 276 Å². The van der Waals surface area contributed by atoms with E-state index in [2.05, 4.69) is 5.32 Å². The molecule has 1 aliphatic heterocycles. The molecule has 1 aromatic heterocycles. The number of phenols is 1. The van der Waals surface area contributed by atoms with Crippen LogP contribution in [0.2, 0.25) is 0 Å². The van der Waals surface area contributed by atoms with E-state index in [1.165, 1.54) is 83.7 Å². The first-order valence-electron chi connectivity index (χ1n) is 14.2. The molecular formula is C31H29N2O14P2+. The van der Waals surface area contributed by atoms with Crippen LogP contribution in [0.4, 0.5) is 0 Å². The minimum absolute atomic E-state index is 0.0114. The van der Waals surface area contributed by atoms with Crippen LogP contribution in [0.5, 0.6) is 5.75 Å². The summed E-state index contributed by atoms with van der Waals surface area (Å²) in [7, 11) is -11.4. The zero-order valence-corrected chi connectivity index (χ0v) is 26.9. The minimum atomic E-state index is -5.70. The molecule has 3 aromatic rings. The summed E-state index contributed by atoms with van der Waals surface area (Å²) in [6, 6.07) is 14.6. The van der Waals surface area contributed by atoms with E-state index in [9.17, 15) is 63.5 Å². The molecule has 0 saturated heterocycles. The first-order valence-corrected chi connectivity index (χ1v) is 17.5. The van der Waals surface area contributed by atoms with Gasteiger partial charge in [0.05, 0.1) is 12.1 Å². The Morgan fingerprint density at radius 1 is 0.939 bits per heavy atom. The second-order valence-corrected chi connectivity index (χ2v) is 15.2. The molecule has 9 N–H and O–H groups in total. The molecule has 0 fully saturated rings. The Morgan fingerprint density at radius 2 is 1.65 bits per heavy atom. The van der Waals surface area contributed by atoms with Crippen molar-refractivity contribution in [1.82, 2.24) is 5.32 Å². The number of benzene rings is 3. The Balaban J connectivity index is 1.40. The number of aliphatic hydroxyl groups is 2. The van der Waals surface area contributed by atoms with Gasteiger partial charge in [-0.1, -0.05) is 0 Å². The number of fused-ring (bicyclic) bond motifs is 2. The number of carboxylic acids is 1. The van der Waals surface area contributed by atoms with E-state index in [0.717, 1.165) is 0 Å². The third-order valence-electron chi connectivity index (χ3n) is 7.67. The SMILES string of the molecule is O=C(NCC(O)C[n+]1cccc(CC(O)(P(=O)(O)O)P(=O)(O)O)c1)c1ccc(C(=O)O)c(-c2c3ccc(=O)cc-3oc3cc(O)ccc23)c1. The van der Waals surface area contributed by atoms with Crippen molar-refractivity contribution in [2.45, 2.75) is 24.2 Å². The first kappa shape index (κ1) is 35.5. The predicted octanol–water partition coefficient (Wildman–Crippen LogP) is 1.59. The van der Waals surface area contributed by atoms with E-state index < -0.39 is 44.7 Å². The highest BCUT2D eigenvalue weighted by molar-refractivity contribution is 7.72. The highest BCUT2D eigenvalue weighted by Crippen LogP contribution is 2.68. The molecule has 1 atom stereocenters. The van der Waals surface area contributed by atoms with Crippen LogP contribution in [0, 0.1) is 0 Å². The van der Waals surface area contributed by atoms with Crippen molar-refractivity contribution in [2.75, 3.05) is 6.54 Å². The van der Waals surface area contributed by atoms with Crippen LogP contribution < -0.4 is 15.3 Å². The lowest BCUT2D eigenvalue weighted by Gasteiger charge is -2.28. The summed E-state index contributed by atoms with van der Waals surface area (Å²) >= 11 is 0. The van der Waals surface area contributed by atoms with E-state index in [0.29, 0.717) is 16.5 Å².